The Morgan fingerprint density at radius 1 is 1.10 bits per heavy atom. The molecule has 2 N–H and O–H groups in total. The number of halogens is 3. The third-order valence-corrected chi connectivity index (χ3v) is 4.40. The van der Waals surface area contributed by atoms with Crippen molar-refractivity contribution in [2.45, 2.75) is 44.8 Å². The van der Waals surface area contributed by atoms with Gasteiger partial charge < -0.3 is 15.0 Å². The Morgan fingerprint density at radius 2 is 1.50 bits per heavy atom. The normalized spacial score (nSPS) is 22.1. The minimum Gasteiger partial charge on any atom is -0.402 e. The fourth-order valence-electron chi connectivity index (χ4n) is 2.04. The second-order valence-electron chi connectivity index (χ2n) is 5.93. The van der Waals surface area contributed by atoms with Gasteiger partial charge in [0.15, 0.2) is 0 Å². The molecule has 1 heterocycles. The lowest BCUT2D eigenvalue weighted by atomic mass is 9.74. The molecule has 1 aromatic rings. The lowest BCUT2D eigenvalue weighted by Gasteiger charge is -2.32. The average molecular weight is 348 g/mol. The number of rotatable bonds is 2. The SMILES string of the molecule is CC1(C)OB([C@@H](N)c2c(F)cc(Br)cc2F)OC1(C)C. The van der Waals surface area contributed by atoms with Crippen LogP contribution in [0.4, 0.5) is 8.78 Å². The summed E-state index contributed by atoms with van der Waals surface area (Å²) >= 11 is 3.03. The van der Waals surface area contributed by atoms with Crippen LogP contribution < -0.4 is 5.73 Å². The third kappa shape index (κ3) is 2.64. The van der Waals surface area contributed by atoms with E-state index in [9.17, 15) is 8.78 Å². The number of benzene rings is 1. The summed E-state index contributed by atoms with van der Waals surface area (Å²) in [6.45, 7) is 7.42. The molecule has 0 aliphatic carbocycles. The van der Waals surface area contributed by atoms with E-state index in [1.807, 2.05) is 27.7 Å². The standard InChI is InChI=1S/C13H17BBrF2NO2/c1-12(2)13(3,4)20-14(19-12)11(18)10-8(16)5-7(15)6-9(10)17/h5-6,11H,18H2,1-4H3/t11-/m0/s1. The summed E-state index contributed by atoms with van der Waals surface area (Å²) in [4.78, 5) is 0. The molecule has 1 saturated heterocycles. The van der Waals surface area contributed by atoms with Crippen LogP contribution in [0.1, 0.15) is 39.2 Å². The Morgan fingerprint density at radius 3 is 1.90 bits per heavy atom. The van der Waals surface area contributed by atoms with Crippen molar-refractivity contribution in [2.24, 2.45) is 5.73 Å². The maximum atomic E-state index is 13.9. The van der Waals surface area contributed by atoms with E-state index in [1.165, 1.54) is 12.1 Å². The maximum absolute atomic E-state index is 13.9. The molecule has 1 fully saturated rings. The smallest absolute Gasteiger partial charge is 0.402 e. The van der Waals surface area contributed by atoms with E-state index in [1.54, 1.807) is 0 Å². The van der Waals surface area contributed by atoms with Gasteiger partial charge in [-0.1, -0.05) is 15.9 Å². The van der Waals surface area contributed by atoms with Crippen LogP contribution in [0.5, 0.6) is 0 Å². The van der Waals surface area contributed by atoms with Crippen LogP contribution in [0.3, 0.4) is 0 Å². The summed E-state index contributed by atoms with van der Waals surface area (Å²) in [6.07, 6.45) is 0. The number of hydrogen-bond donors (Lipinski definition) is 1. The van der Waals surface area contributed by atoms with Crippen LogP contribution >= 0.6 is 15.9 Å². The van der Waals surface area contributed by atoms with E-state index in [0.717, 1.165) is 0 Å². The minimum absolute atomic E-state index is 0.230. The van der Waals surface area contributed by atoms with Crippen molar-refractivity contribution in [3.63, 3.8) is 0 Å². The van der Waals surface area contributed by atoms with Crippen molar-refractivity contribution in [3.8, 4) is 0 Å². The third-order valence-electron chi connectivity index (χ3n) is 3.94. The Balaban J connectivity index is 2.33. The summed E-state index contributed by atoms with van der Waals surface area (Å²) in [5, 5.41) is 0. The molecule has 20 heavy (non-hydrogen) atoms. The van der Waals surface area contributed by atoms with Gasteiger partial charge in [0.05, 0.1) is 17.1 Å². The van der Waals surface area contributed by atoms with Gasteiger partial charge in [-0.25, -0.2) is 8.78 Å². The van der Waals surface area contributed by atoms with Crippen molar-refractivity contribution >= 4 is 23.0 Å². The zero-order valence-corrected chi connectivity index (χ0v) is 13.4. The van der Waals surface area contributed by atoms with Crippen molar-refractivity contribution < 1.29 is 18.1 Å². The molecular formula is C13H17BBrF2NO2. The first-order valence-corrected chi connectivity index (χ1v) is 7.10. The van der Waals surface area contributed by atoms with E-state index in [4.69, 9.17) is 15.0 Å². The van der Waals surface area contributed by atoms with Gasteiger partial charge in [-0.2, -0.15) is 0 Å². The van der Waals surface area contributed by atoms with Gasteiger partial charge in [-0.05, 0) is 39.8 Å². The van der Waals surface area contributed by atoms with Crippen LogP contribution in [0.2, 0.25) is 0 Å². The Labute approximate surface area is 126 Å². The van der Waals surface area contributed by atoms with Crippen molar-refractivity contribution in [2.75, 3.05) is 0 Å². The molecule has 7 heteroatoms. The van der Waals surface area contributed by atoms with E-state index in [2.05, 4.69) is 15.9 Å². The minimum atomic E-state index is -1.04. The van der Waals surface area contributed by atoms with Gasteiger partial charge in [0.2, 0.25) is 0 Å². The maximum Gasteiger partial charge on any atom is 0.480 e. The van der Waals surface area contributed by atoms with Crippen LogP contribution in [0.15, 0.2) is 16.6 Å². The predicted octanol–water partition coefficient (Wildman–Crippen LogP) is 3.36. The molecule has 0 unspecified atom stereocenters. The first-order valence-electron chi connectivity index (χ1n) is 6.31. The number of nitrogens with two attached hydrogens (primary N) is 1. The van der Waals surface area contributed by atoms with Crippen LogP contribution in [0.25, 0.3) is 0 Å². The lowest BCUT2D eigenvalue weighted by Crippen LogP contribution is -2.41. The fraction of sp³-hybridized carbons (Fsp3) is 0.538. The Hall–Kier alpha value is -0.495. The molecule has 1 atom stereocenters. The van der Waals surface area contributed by atoms with E-state index in [-0.39, 0.29) is 5.56 Å². The molecule has 0 saturated carbocycles. The molecule has 0 aromatic heterocycles. The molecule has 1 aliphatic heterocycles. The van der Waals surface area contributed by atoms with Crippen molar-refractivity contribution in [1.82, 2.24) is 0 Å². The molecule has 0 spiro atoms. The average Bonchev–Trinajstić information content (AvgIpc) is 2.46. The van der Waals surface area contributed by atoms with Crippen LogP contribution in [0, 0.1) is 11.6 Å². The second-order valence-corrected chi connectivity index (χ2v) is 6.85. The summed E-state index contributed by atoms with van der Waals surface area (Å²) in [6, 6.07) is 2.34. The van der Waals surface area contributed by atoms with Crippen molar-refractivity contribution in [1.29, 1.82) is 0 Å². The summed E-state index contributed by atoms with van der Waals surface area (Å²) in [7, 11) is -0.898. The Bertz CT molecular complexity index is 500. The lowest BCUT2D eigenvalue weighted by molar-refractivity contribution is 0.00578. The number of hydrogen-bond acceptors (Lipinski definition) is 3. The highest BCUT2D eigenvalue weighted by atomic mass is 79.9. The first kappa shape index (κ1) is 15.9. The summed E-state index contributed by atoms with van der Waals surface area (Å²) in [5.74, 6) is -2.48. The monoisotopic (exact) mass is 347 g/mol. The molecule has 110 valence electrons. The van der Waals surface area contributed by atoms with Gasteiger partial charge in [0.25, 0.3) is 0 Å². The van der Waals surface area contributed by atoms with E-state index in [0.29, 0.717) is 4.47 Å². The quantitative estimate of drug-likeness (QED) is 0.834. The molecule has 0 bridgehead atoms. The Kier molecular flexibility index (Phi) is 4.01. The zero-order valence-electron chi connectivity index (χ0n) is 11.8. The summed E-state index contributed by atoms with van der Waals surface area (Å²) < 4.78 is 39.7. The molecule has 0 radical (unpaired) electrons. The first-order chi connectivity index (χ1) is 9.05. The van der Waals surface area contributed by atoms with Gasteiger partial charge in [0.1, 0.15) is 11.6 Å². The van der Waals surface area contributed by atoms with E-state index < -0.39 is 35.9 Å². The molecule has 3 nitrogen and oxygen atoms in total. The van der Waals surface area contributed by atoms with E-state index >= 15 is 0 Å². The fourth-order valence-corrected chi connectivity index (χ4v) is 2.45. The van der Waals surface area contributed by atoms with Gasteiger partial charge >= 0.3 is 7.12 Å². The molecule has 1 aromatic carbocycles. The largest absolute Gasteiger partial charge is 0.480 e. The molecule has 1 aliphatic rings. The van der Waals surface area contributed by atoms with Crippen LogP contribution in [-0.4, -0.2) is 18.3 Å². The molecular weight excluding hydrogens is 331 g/mol. The van der Waals surface area contributed by atoms with Gasteiger partial charge in [-0.15, -0.1) is 0 Å². The van der Waals surface area contributed by atoms with Crippen LogP contribution in [-0.2, 0) is 9.31 Å². The van der Waals surface area contributed by atoms with Gasteiger partial charge in [-0.3, -0.25) is 0 Å². The predicted molar refractivity (Wildman–Crippen MR) is 77.1 cm³/mol. The molecule has 0 amide bonds. The molecule has 2 rings (SSSR count). The highest BCUT2D eigenvalue weighted by Crippen LogP contribution is 2.40. The van der Waals surface area contributed by atoms with Crippen molar-refractivity contribution in [3.05, 3.63) is 33.8 Å². The zero-order chi connectivity index (χ0) is 15.3. The second kappa shape index (κ2) is 5.05. The topological polar surface area (TPSA) is 44.5 Å². The highest BCUT2D eigenvalue weighted by Gasteiger charge is 2.54. The highest BCUT2D eigenvalue weighted by molar-refractivity contribution is 9.10. The van der Waals surface area contributed by atoms with Gasteiger partial charge in [0, 0.05) is 10.0 Å². The summed E-state index contributed by atoms with van der Waals surface area (Å²) in [5.41, 5.74) is 4.52.